The molecule has 0 amide bonds. The van der Waals surface area contributed by atoms with E-state index in [4.69, 9.17) is 4.74 Å². The van der Waals surface area contributed by atoms with E-state index >= 15 is 0 Å². The molecule has 52 heavy (non-hydrogen) atoms. The first-order chi connectivity index (χ1) is 25.0. The molecule has 0 saturated carbocycles. The number of piperidine rings is 2. The first-order valence-corrected chi connectivity index (χ1v) is 18.8. The van der Waals surface area contributed by atoms with Crippen molar-refractivity contribution in [3.8, 4) is 22.5 Å². The second kappa shape index (κ2) is 16.7. The Labute approximate surface area is 311 Å². The Morgan fingerprint density at radius 2 is 1.21 bits per heavy atom. The molecule has 0 aliphatic carbocycles. The fourth-order valence-corrected chi connectivity index (χ4v) is 8.71. The van der Waals surface area contributed by atoms with Crippen LogP contribution in [0, 0.1) is 11.8 Å². The molecule has 8 heterocycles. The van der Waals surface area contributed by atoms with Crippen molar-refractivity contribution in [1.82, 2.24) is 29.3 Å². The third-order valence-electron chi connectivity index (χ3n) is 11.8. The van der Waals surface area contributed by atoms with Gasteiger partial charge in [-0.3, -0.25) is 9.69 Å². The molecule has 278 valence electrons. The van der Waals surface area contributed by atoms with Gasteiger partial charge in [0.15, 0.2) is 5.78 Å². The Balaban J connectivity index is 0.000000142. The van der Waals surface area contributed by atoms with Gasteiger partial charge in [-0.15, -0.1) is 12.4 Å². The molecule has 11 nitrogen and oxygen atoms in total. The van der Waals surface area contributed by atoms with Crippen LogP contribution in [-0.4, -0.2) is 111 Å². The van der Waals surface area contributed by atoms with Crippen molar-refractivity contribution in [2.75, 3.05) is 52.6 Å². The van der Waals surface area contributed by atoms with Gasteiger partial charge in [0.1, 0.15) is 13.2 Å². The third-order valence-corrected chi connectivity index (χ3v) is 11.8. The minimum Gasteiger partial charge on any atom is -0.393 e. The van der Waals surface area contributed by atoms with Gasteiger partial charge in [-0.25, -0.2) is 9.97 Å². The zero-order valence-electron chi connectivity index (χ0n) is 29.6. The number of fused-ring (bicyclic) bond motifs is 6. The molecule has 2 aromatic heterocycles. The number of nitrogens with zero attached hydrogens (tertiary/aromatic N) is 5. The number of ether oxygens (including phenoxy) is 2. The van der Waals surface area contributed by atoms with Gasteiger partial charge in [0.05, 0.1) is 80.0 Å². The molecule has 0 radical (unpaired) electrons. The fraction of sp³-hybridized carbons (Fsp3) is 0.525. The first kappa shape index (κ1) is 36.9. The van der Waals surface area contributed by atoms with E-state index in [2.05, 4.69) is 82.6 Å². The monoisotopic (exact) mass is 730 g/mol. The molecular formula is C40H51ClN6O5. The number of aliphatic hydroxyl groups excluding tert-OH is 2. The SMILES string of the molecule is Cl.O=C1COC1.OC(CC1c2ccccc2-c2cncn21)C1CCN(C2COC2)CC1.OC(CC1c2ccccc2-c2cncn21)C1CCNCC1. The minimum atomic E-state index is -0.258. The first-order valence-electron chi connectivity index (χ1n) is 18.8. The number of carbonyl (C=O) groups excluding carboxylic acids is 1. The molecule has 3 N–H and O–H groups in total. The lowest BCUT2D eigenvalue weighted by Gasteiger charge is -2.42. The van der Waals surface area contributed by atoms with Gasteiger partial charge >= 0.3 is 0 Å². The van der Waals surface area contributed by atoms with Gasteiger partial charge in [0.2, 0.25) is 0 Å². The average Bonchev–Trinajstić information content (AvgIpc) is 3.92. The highest BCUT2D eigenvalue weighted by Gasteiger charge is 2.36. The summed E-state index contributed by atoms with van der Waals surface area (Å²) in [5.41, 5.74) is 7.51. The van der Waals surface area contributed by atoms with Crippen LogP contribution >= 0.6 is 12.4 Å². The van der Waals surface area contributed by atoms with E-state index in [1.807, 2.05) is 25.0 Å². The number of Topliss-reactive ketones (excluding diaryl/α,β-unsaturated/α-hetero) is 1. The maximum absolute atomic E-state index is 10.9. The number of hydrogen-bond acceptors (Lipinski definition) is 9. The molecule has 4 unspecified atom stereocenters. The molecule has 4 saturated heterocycles. The van der Waals surface area contributed by atoms with Gasteiger partial charge in [-0.1, -0.05) is 48.5 Å². The molecule has 6 aliphatic heterocycles. The lowest BCUT2D eigenvalue weighted by molar-refractivity contribution is -0.140. The summed E-state index contributed by atoms with van der Waals surface area (Å²) in [6.45, 7) is 6.70. The van der Waals surface area contributed by atoms with Crippen molar-refractivity contribution < 1.29 is 24.5 Å². The number of halogens is 1. The van der Waals surface area contributed by atoms with E-state index in [1.165, 1.54) is 33.6 Å². The van der Waals surface area contributed by atoms with Crippen LogP contribution in [0.15, 0.2) is 73.6 Å². The van der Waals surface area contributed by atoms with Crippen molar-refractivity contribution in [3.63, 3.8) is 0 Å². The van der Waals surface area contributed by atoms with E-state index in [-0.39, 0.29) is 42.5 Å². The van der Waals surface area contributed by atoms with Gasteiger partial charge in [0, 0.05) is 11.1 Å². The number of imidazole rings is 2. The van der Waals surface area contributed by atoms with E-state index in [0.29, 0.717) is 31.1 Å². The molecule has 12 heteroatoms. The number of nitrogens with one attached hydrogen (secondary N) is 1. The summed E-state index contributed by atoms with van der Waals surface area (Å²) in [5, 5.41) is 25.0. The highest BCUT2D eigenvalue weighted by atomic mass is 35.5. The highest BCUT2D eigenvalue weighted by molar-refractivity contribution is 5.85. The molecule has 0 bridgehead atoms. The van der Waals surface area contributed by atoms with Gasteiger partial charge in [-0.05, 0) is 87.7 Å². The van der Waals surface area contributed by atoms with Gasteiger partial charge < -0.3 is 34.1 Å². The van der Waals surface area contributed by atoms with Crippen LogP contribution in [0.25, 0.3) is 22.5 Å². The molecule has 10 rings (SSSR count). The molecule has 4 fully saturated rings. The lowest BCUT2D eigenvalue weighted by Crippen LogP contribution is -2.52. The number of rotatable bonds is 7. The minimum absolute atomic E-state index is 0. The quantitative estimate of drug-likeness (QED) is 0.252. The number of benzene rings is 2. The summed E-state index contributed by atoms with van der Waals surface area (Å²) in [5.74, 6) is 1.04. The summed E-state index contributed by atoms with van der Waals surface area (Å²) in [7, 11) is 0. The number of hydrogen-bond donors (Lipinski definition) is 3. The Morgan fingerprint density at radius 3 is 1.65 bits per heavy atom. The second-order valence-corrected chi connectivity index (χ2v) is 14.9. The standard InChI is InChI=1S/C20H25N3O2.C17H21N3O.C3H4O2.ClH/c24-20(14-5-7-22(8-6-14)15-11-25-12-15)9-18-16-3-1-2-4-17(16)19-10-21-13-23(18)19;21-17(12-5-7-18-8-6-12)9-15-13-3-1-2-4-14(13)16-10-19-11-20(15)16;4-3-1-5-2-3;/h1-4,10,13-15,18,20,24H,5-9,11-12H2;1-4,10-12,15,17-18,21H,5-9H2;1-2H2;1H. The van der Waals surface area contributed by atoms with Crippen molar-refractivity contribution in [2.45, 2.75) is 68.9 Å². The lowest BCUT2D eigenvalue weighted by atomic mass is 9.86. The number of likely N-dealkylation sites (tertiary alicyclic amines) is 1. The van der Waals surface area contributed by atoms with Gasteiger partial charge in [-0.2, -0.15) is 0 Å². The predicted molar refractivity (Wildman–Crippen MR) is 200 cm³/mol. The molecule has 2 aromatic carbocycles. The highest BCUT2D eigenvalue weighted by Crippen LogP contribution is 2.43. The number of aliphatic hydroxyl groups is 2. The summed E-state index contributed by atoms with van der Waals surface area (Å²) in [6.07, 6.45) is 13.1. The van der Waals surface area contributed by atoms with Crippen LogP contribution in [0.4, 0.5) is 0 Å². The Kier molecular flexibility index (Phi) is 11.9. The van der Waals surface area contributed by atoms with Crippen molar-refractivity contribution in [1.29, 1.82) is 0 Å². The van der Waals surface area contributed by atoms with Crippen LogP contribution in [0.5, 0.6) is 0 Å². The zero-order valence-corrected chi connectivity index (χ0v) is 30.4. The van der Waals surface area contributed by atoms with Gasteiger partial charge in [0.25, 0.3) is 0 Å². The van der Waals surface area contributed by atoms with Crippen LogP contribution in [0.3, 0.4) is 0 Å². The predicted octanol–water partition coefficient (Wildman–Crippen LogP) is 4.53. The number of ketones is 1. The topological polar surface area (TPSA) is 127 Å². The summed E-state index contributed by atoms with van der Waals surface area (Å²) in [6, 6.07) is 18.1. The Morgan fingerprint density at radius 1 is 0.731 bits per heavy atom. The van der Waals surface area contributed by atoms with Crippen molar-refractivity contribution in [2.24, 2.45) is 11.8 Å². The summed E-state index contributed by atoms with van der Waals surface area (Å²) in [4.78, 5) is 20.9. The van der Waals surface area contributed by atoms with Crippen molar-refractivity contribution in [3.05, 3.63) is 84.7 Å². The van der Waals surface area contributed by atoms with Crippen LogP contribution in [-0.2, 0) is 14.3 Å². The molecule has 4 atom stereocenters. The third kappa shape index (κ3) is 7.64. The maximum atomic E-state index is 10.9. The van der Waals surface area contributed by atoms with E-state index in [1.54, 1.807) is 0 Å². The molecule has 0 spiro atoms. The largest absolute Gasteiger partial charge is 0.393 e. The molecule has 4 aromatic rings. The number of aromatic nitrogens is 4. The summed E-state index contributed by atoms with van der Waals surface area (Å²) >= 11 is 0. The van der Waals surface area contributed by atoms with E-state index in [9.17, 15) is 15.0 Å². The molecular weight excluding hydrogens is 680 g/mol. The number of carbonyl (C=O) groups is 1. The fourth-order valence-electron chi connectivity index (χ4n) is 8.71. The van der Waals surface area contributed by atoms with Crippen LogP contribution in [0.2, 0.25) is 0 Å². The van der Waals surface area contributed by atoms with Crippen LogP contribution < -0.4 is 5.32 Å². The summed E-state index contributed by atoms with van der Waals surface area (Å²) < 4.78 is 14.2. The van der Waals surface area contributed by atoms with Crippen LogP contribution in [0.1, 0.15) is 61.7 Å². The molecule has 6 aliphatic rings. The normalized spacial score (nSPS) is 23.5. The maximum Gasteiger partial charge on any atom is 0.184 e. The average molecular weight is 731 g/mol. The second-order valence-electron chi connectivity index (χ2n) is 14.9. The zero-order chi connectivity index (χ0) is 34.7. The Bertz CT molecular complexity index is 1770. The van der Waals surface area contributed by atoms with E-state index < -0.39 is 0 Å². The Hall–Kier alpha value is -3.42. The van der Waals surface area contributed by atoms with Crippen molar-refractivity contribution >= 4 is 18.2 Å². The smallest absolute Gasteiger partial charge is 0.184 e. The van der Waals surface area contributed by atoms with E-state index in [0.717, 1.165) is 77.9 Å².